The molecule has 0 aromatic heterocycles. The molecule has 2 fully saturated rings. The smallest absolute Gasteiger partial charge is 0.249 e. The van der Waals surface area contributed by atoms with E-state index in [4.69, 9.17) is 9.47 Å². The molecule has 186 valence electrons. The monoisotopic (exact) mass is 472 g/mol. The van der Waals surface area contributed by atoms with Gasteiger partial charge in [0.15, 0.2) is 5.78 Å². The predicted octanol–water partition coefficient (Wildman–Crippen LogP) is 1.60. The van der Waals surface area contributed by atoms with Gasteiger partial charge in [0.05, 0.1) is 30.7 Å². The number of imide groups is 1. The Bertz CT molecular complexity index is 873. The largest absolute Gasteiger partial charge is 0.378 e. The third kappa shape index (κ3) is 5.95. The lowest BCUT2D eigenvalue weighted by Crippen LogP contribution is -2.53. The van der Waals surface area contributed by atoms with Gasteiger partial charge in [0.1, 0.15) is 12.1 Å². The van der Waals surface area contributed by atoms with E-state index in [1.165, 1.54) is 0 Å². The maximum absolute atomic E-state index is 13.1. The van der Waals surface area contributed by atoms with Crippen LogP contribution in [0.2, 0.25) is 0 Å². The van der Waals surface area contributed by atoms with Gasteiger partial charge in [0.25, 0.3) is 0 Å². The Morgan fingerprint density at radius 3 is 2.62 bits per heavy atom. The first kappa shape index (κ1) is 24.6. The van der Waals surface area contributed by atoms with Crippen LogP contribution in [0, 0.1) is 0 Å². The van der Waals surface area contributed by atoms with E-state index in [1.54, 1.807) is 0 Å². The topological polar surface area (TPSA) is 100 Å². The number of para-hydroxylation sites is 2. The summed E-state index contributed by atoms with van der Waals surface area (Å²) in [6.07, 6.45) is 4.13. The highest BCUT2D eigenvalue weighted by Gasteiger charge is 2.38. The predicted molar refractivity (Wildman–Crippen MR) is 129 cm³/mol. The molecule has 3 aliphatic rings. The molecule has 4 rings (SSSR count). The number of nitrogens with one attached hydrogen (secondary N) is 2. The van der Waals surface area contributed by atoms with Crippen molar-refractivity contribution in [3.63, 3.8) is 0 Å². The van der Waals surface area contributed by atoms with Crippen molar-refractivity contribution in [2.45, 2.75) is 63.7 Å². The Morgan fingerprint density at radius 1 is 1.12 bits per heavy atom. The highest BCUT2D eigenvalue weighted by Crippen LogP contribution is 2.38. The van der Waals surface area contributed by atoms with Gasteiger partial charge in [-0.05, 0) is 57.3 Å². The zero-order valence-electron chi connectivity index (χ0n) is 20.0. The SMILES string of the molecule is CCC(OCCCOC1CCNCC1)C(=O)CN1CN(C2CCC(=O)NC2=O)c2ccccc21. The molecule has 1 aromatic carbocycles. The van der Waals surface area contributed by atoms with Crippen LogP contribution in [-0.2, 0) is 23.9 Å². The van der Waals surface area contributed by atoms with E-state index in [1.807, 2.05) is 41.0 Å². The number of anilines is 2. The molecule has 9 nitrogen and oxygen atoms in total. The molecule has 0 spiro atoms. The summed E-state index contributed by atoms with van der Waals surface area (Å²) in [5.41, 5.74) is 1.83. The van der Waals surface area contributed by atoms with E-state index < -0.39 is 12.1 Å². The average Bonchev–Trinajstić information content (AvgIpc) is 3.20. The number of Topliss-reactive ketones (excluding diaryl/α,β-unsaturated/α-hetero) is 1. The van der Waals surface area contributed by atoms with Gasteiger partial charge in [0, 0.05) is 19.6 Å². The Morgan fingerprint density at radius 2 is 1.88 bits per heavy atom. The van der Waals surface area contributed by atoms with Crippen LogP contribution in [0.3, 0.4) is 0 Å². The van der Waals surface area contributed by atoms with Gasteiger partial charge in [-0.1, -0.05) is 19.1 Å². The Labute approximate surface area is 201 Å². The molecule has 0 bridgehead atoms. The third-order valence-corrected chi connectivity index (χ3v) is 6.77. The van der Waals surface area contributed by atoms with E-state index in [9.17, 15) is 14.4 Å². The first-order valence-electron chi connectivity index (χ1n) is 12.5. The number of fused-ring (bicyclic) bond motifs is 1. The molecule has 34 heavy (non-hydrogen) atoms. The molecule has 1 aromatic rings. The molecule has 2 atom stereocenters. The first-order chi connectivity index (χ1) is 16.6. The van der Waals surface area contributed by atoms with E-state index in [2.05, 4.69) is 10.6 Å². The second kappa shape index (κ2) is 11.8. The van der Waals surface area contributed by atoms with E-state index in [0.29, 0.717) is 45.2 Å². The molecule has 0 radical (unpaired) electrons. The highest BCUT2D eigenvalue weighted by molar-refractivity contribution is 6.02. The van der Waals surface area contributed by atoms with Crippen LogP contribution in [-0.4, -0.2) is 75.4 Å². The summed E-state index contributed by atoms with van der Waals surface area (Å²) >= 11 is 0. The number of rotatable bonds is 11. The summed E-state index contributed by atoms with van der Waals surface area (Å²) < 4.78 is 11.8. The summed E-state index contributed by atoms with van der Waals surface area (Å²) in [7, 11) is 0. The van der Waals surface area contributed by atoms with Crippen molar-refractivity contribution in [2.75, 3.05) is 49.3 Å². The summed E-state index contributed by atoms with van der Waals surface area (Å²) in [6.45, 7) is 5.76. The quantitative estimate of drug-likeness (QED) is 0.370. The molecule has 0 saturated carbocycles. The van der Waals surface area contributed by atoms with Crippen molar-refractivity contribution in [3.05, 3.63) is 24.3 Å². The van der Waals surface area contributed by atoms with Gasteiger partial charge in [-0.2, -0.15) is 0 Å². The summed E-state index contributed by atoms with van der Waals surface area (Å²) in [5, 5.41) is 5.77. The molecule has 2 N–H and O–H groups in total. The van der Waals surface area contributed by atoms with Crippen LogP contribution in [0.25, 0.3) is 0 Å². The fourth-order valence-corrected chi connectivity index (χ4v) is 4.92. The Kier molecular flexibility index (Phi) is 8.53. The van der Waals surface area contributed by atoms with Gasteiger partial charge in [-0.15, -0.1) is 0 Å². The molecule has 0 aliphatic carbocycles. The fraction of sp³-hybridized carbons (Fsp3) is 0.640. The number of carbonyl (C=O) groups is 3. The van der Waals surface area contributed by atoms with Crippen LogP contribution < -0.4 is 20.4 Å². The minimum absolute atomic E-state index is 0.0294. The minimum atomic E-state index is -0.462. The lowest BCUT2D eigenvalue weighted by molar-refractivity contribution is -0.134. The van der Waals surface area contributed by atoms with Crippen molar-refractivity contribution < 1.29 is 23.9 Å². The molecule has 2 saturated heterocycles. The zero-order chi connectivity index (χ0) is 23.9. The second-order valence-corrected chi connectivity index (χ2v) is 9.17. The van der Waals surface area contributed by atoms with Gasteiger partial charge in [0.2, 0.25) is 11.8 Å². The number of ketones is 1. The molecular weight excluding hydrogens is 436 g/mol. The summed E-state index contributed by atoms with van der Waals surface area (Å²) in [4.78, 5) is 41.1. The second-order valence-electron chi connectivity index (χ2n) is 9.17. The molecule has 3 heterocycles. The fourth-order valence-electron chi connectivity index (χ4n) is 4.92. The number of hydrogen-bond acceptors (Lipinski definition) is 8. The molecule has 2 unspecified atom stereocenters. The number of carbonyl (C=O) groups excluding carboxylic acids is 3. The summed E-state index contributed by atoms with van der Waals surface area (Å²) in [5.74, 6) is -0.479. The lowest BCUT2D eigenvalue weighted by Gasteiger charge is -2.31. The van der Waals surface area contributed by atoms with Crippen molar-refractivity contribution in [3.8, 4) is 0 Å². The average molecular weight is 473 g/mol. The number of piperidine rings is 2. The maximum Gasteiger partial charge on any atom is 0.249 e. The maximum atomic E-state index is 13.1. The van der Waals surface area contributed by atoms with Crippen LogP contribution >= 0.6 is 0 Å². The van der Waals surface area contributed by atoms with Crippen LogP contribution in [0.5, 0.6) is 0 Å². The van der Waals surface area contributed by atoms with Crippen molar-refractivity contribution in [2.24, 2.45) is 0 Å². The van der Waals surface area contributed by atoms with Gasteiger partial charge < -0.3 is 24.6 Å². The lowest BCUT2D eigenvalue weighted by atomic mass is 10.0. The molecule has 3 aliphatic heterocycles. The summed E-state index contributed by atoms with van der Waals surface area (Å²) in [6, 6.07) is 7.36. The van der Waals surface area contributed by atoms with Gasteiger partial charge in [-0.3, -0.25) is 19.7 Å². The van der Waals surface area contributed by atoms with E-state index in [0.717, 1.165) is 43.7 Å². The number of hydrogen-bond donors (Lipinski definition) is 2. The molecule has 2 amide bonds. The number of amides is 2. The minimum Gasteiger partial charge on any atom is -0.378 e. The standard InChI is InChI=1S/C25H36N4O5/c1-2-23(34-15-5-14-33-18-10-12-26-13-11-18)22(30)16-28-17-29(20-7-4-3-6-19(20)28)21-8-9-24(31)27-25(21)32/h3-4,6-7,18,21,23,26H,2,5,8-17H2,1H3,(H,27,31,32). The third-order valence-electron chi connectivity index (χ3n) is 6.77. The Hall–Kier alpha value is -2.49. The van der Waals surface area contributed by atoms with Crippen LogP contribution in [0.1, 0.15) is 45.4 Å². The van der Waals surface area contributed by atoms with Crippen LogP contribution in [0.4, 0.5) is 11.4 Å². The van der Waals surface area contributed by atoms with Gasteiger partial charge in [-0.25, -0.2) is 0 Å². The van der Waals surface area contributed by atoms with Crippen molar-refractivity contribution >= 4 is 29.0 Å². The molecular formula is C25H36N4O5. The number of ether oxygens (including phenoxy) is 2. The zero-order valence-corrected chi connectivity index (χ0v) is 20.0. The van der Waals surface area contributed by atoms with E-state index in [-0.39, 0.29) is 24.1 Å². The normalized spacial score (nSPS) is 22.0. The number of benzene rings is 1. The first-order valence-corrected chi connectivity index (χ1v) is 12.5. The Balaban J connectivity index is 1.29. The van der Waals surface area contributed by atoms with Crippen LogP contribution in [0.15, 0.2) is 24.3 Å². The highest BCUT2D eigenvalue weighted by atomic mass is 16.5. The number of nitrogens with zero attached hydrogens (tertiary/aromatic N) is 2. The van der Waals surface area contributed by atoms with E-state index >= 15 is 0 Å². The molecule has 9 heteroatoms. The van der Waals surface area contributed by atoms with Crippen molar-refractivity contribution in [1.82, 2.24) is 10.6 Å². The van der Waals surface area contributed by atoms with Crippen molar-refractivity contribution in [1.29, 1.82) is 0 Å². The van der Waals surface area contributed by atoms with Gasteiger partial charge >= 0.3 is 0 Å².